The van der Waals surface area contributed by atoms with Crippen LogP contribution in [0.25, 0.3) is 6.08 Å². The van der Waals surface area contributed by atoms with Gasteiger partial charge in [0.15, 0.2) is 6.61 Å². The maximum absolute atomic E-state index is 11.4. The van der Waals surface area contributed by atoms with Crippen molar-refractivity contribution in [1.82, 2.24) is 5.32 Å². The standard InChI is InChI=1S/C14H16N2O6/c1-20-10-5-9(6-11(7-10)21-2)3-4-13(18)22-8-12(17)16-14(15)19/h3-7H,8H2,1-2H3,(H3,15,16,17,19)/b4-3+. The lowest BCUT2D eigenvalue weighted by molar-refractivity contribution is -0.143. The van der Waals surface area contributed by atoms with Crippen molar-refractivity contribution in [1.29, 1.82) is 0 Å². The van der Waals surface area contributed by atoms with Crippen LogP contribution in [0.5, 0.6) is 11.5 Å². The number of carbonyl (C=O) groups is 3. The fourth-order valence-electron chi connectivity index (χ4n) is 1.45. The molecule has 0 saturated heterocycles. The van der Waals surface area contributed by atoms with Gasteiger partial charge in [0.05, 0.1) is 14.2 Å². The highest BCUT2D eigenvalue weighted by Crippen LogP contribution is 2.23. The van der Waals surface area contributed by atoms with Crippen LogP contribution in [-0.2, 0) is 14.3 Å². The number of carbonyl (C=O) groups excluding carboxylic acids is 3. The van der Waals surface area contributed by atoms with Gasteiger partial charge in [0.1, 0.15) is 11.5 Å². The first-order chi connectivity index (χ1) is 10.4. The molecule has 0 bridgehead atoms. The Hall–Kier alpha value is -3.03. The lowest BCUT2D eigenvalue weighted by Crippen LogP contribution is -2.37. The first kappa shape index (κ1) is 17.0. The molecule has 0 aliphatic heterocycles. The van der Waals surface area contributed by atoms with Gasteiger partial charge >= 0.3 is 12.0 Å². The van der Waals surface area contributed by atoms with Crippen molar-refractivity contribution in [3.05, 3.63) is 29.8 Å². The number of esters is 1. The normalized spacial score (nSPS) is 10.1. The van der Waals surface area contributed by atoms with Gasteiger partial charge in [-0.15, -0.1) is 0 Å². The SMILES string of the molecule is COc1cc(/C=C/C(=O)OCC(=O)NC(N)=O)cc(OC)c1. The fourth-order valence-corrected chi connectivity index (χ4v) is 1.45. The molecule has 118 valence electrons. The molecular weight excluding hydrogens is 292 g/mol. The highest BCUT2D eigenvalue weighted by molar-refractivity contribution is 5.95. The topological polar surface area (TPSA) is 117 Å². The number of nitrogens with two attached hydrogens (primary N) is 1. The molecule has 3 N–H and O–H groups in total. The summed E-state index contributed by atoms with van der Waals surface area (Å²) in [4.78, 5) is 32.9. The molecule has 1 rings (SSSR count). The Morgan fingerprint density at radius 1 is 1.14 bits per heavy atom. The zero-order chi connectivity index (χ0) is 16.5. The Morgan fingerprint density at radius 3 is 2.23 bits per heavy atom. The van der Waals surface area contributed by atoms with E-state index in [1.54, 1.807) is 23.5 Å². The summed E-state index contributed by atoms with van der Waals surface area (Å²) < 4.78 is 14.8. The van der Waals surface area contributed by atoms with Crippen LogP contribution in [0.15, 0.2) is 24.3 Å². The quantitative estimate of drug-likeness (QED) is 0.582. The fraction of sp³-hybridized carbons (Fsp3) is 0.214. The number of nitrogens with one attached hydrogen (secondary N) is 1. The second-order valence-corrected chi connectivity index (χ2v) is 4.00. The minimum absolute atomic E-state index is 0.563. The minimum atomic E-state index is -1.01. The van der Waals surface area contributed by atoms with Gasteiger partial charge in [0.25, 0.3) is 5.91 Å². The molecule has 0 saturated carbocycles. The summed E-state index contributed by atoms with van der Waals surface area (Å²) in [6.07, 6.45) is 2.60. The van der Waals surface area contributed by atoms with Crippen molar-refractivity contribution in [3.63, 3.8) is 0 Å². The van der Waals surface area contributed by atoms with E-state index in [4.69, 9.17) is 15.2 Å². The summed E-state index contributed by atoms with van der Waals surface area (Å²) in [5, 5.41) is 1.77. The van der Waals surface area contributed by atoms with Crippen LogP contribution in [-0.4, -0.2) is 38.7 Å². The minimum Gasteiger partial charge on any atom is -0.497 e. The van der Waals surface area contributed by atoms with E-state index >= 15 is 0 Å². The van der Waals surface area contributed by atoms with Gasteiger partial charge in [0.2, 0.25) is 0 Å². The lowest BCUT2D eigenvalue weighted by Gasteiger charge is -2.05. The van der Waals surface area contributed by atoms with Crippen molar-refractivity contribution in [2.75, 3.05) is 20.8 Å². The van der Waals surface area contributed by atoms with Crippen LogP contribution >= 0.6 is 0 Å². The molecule has 8 nitrogen and oxygen atoms in total. The Morgan fingerprint density at radius 2 is 1.73 bits per heavy atom. The Labute approximate surface area is 126 Å². The molecule has 0 heterocycles. The third kappa shape index (κ3) is 5.95. The number of urea groups is 1. The molecule has 3 amide bonds. The Balaban J connectivity index is 2.62. The van der Waals surface area contributed by atoms with Gasteiger partial charge in [-0.2, -0.15) is 0 Å². The number of methoxy groups -OCH3 is 2. The van der Waals surface area contributed by atoms with Gasteiger partial charge in [-0.3, -0.25) is 10.1 Å². The summed E-state index contributed by atoms with van der Waals surface area (Å²) >= 11 is 0. The number of hydrogen-bond donors (Lipinski definition) is 2. The van der Waals surface area contributed by atoms with Crippen LogP contribution in [0.4, 0.5) is 4.79 Å². The highest BCUT2D eigenvalue weighted by atomic mass is 16.5. The van der Waals surface area contributed by atoms with Crippen molar-refractivity contribution >= 4 is 24.0 Å². The predicted molar refractivity (Wildman–Crippen MR) is 77.3 cm³/mol. The second-order valence-electron chi connectivity index (χ2n) is 4.00. The molecule has 0 aliphatic carbocycles. The average molecular weight is 308 g/mol. The third-order valence-corrected chi connectivity index (χ3v) is 2.39. The maximum Gasteiger partial charge on any atom is 0.331 e. The van der Waals surface area contributed by atoms with Crippen LogP contribution < -0.4 is 20.5 Å². The largest absolute Gasteiger partial charge is 0.497 e. The Bertz CT molecular complexity index is 575. The van der Waals surface area contributed by atoms with E-state index in [-0.39, 0.29) is 0 Å². The zero-order valence-corrected chi connectivity index (χ0v) is 12.1. The number of imide groups is 1. The summed E-state index contributed by atoms with van der Waals surface area (Å²) in [5.41, 5.74) is 5.39. The molecule has 0 radical (unpaired) electrons. The van der Waals surface area contributed by atoms with Gasteiger partial charge in [-0.25, -0.2) is 9.59 Å². The molecule has 1 aromatic carbocycles. The number of hydrogen-bond acceptors (Lipinski definition) is 6. The first-order valence-electron chi connectivity index (χ1n) is 6.11. The number of amides is 3. The van der Waals surface area contributed by atoms with Crippen LogP contribution in [0, 0.1) is 0 Å². The zero-order valence-electron chi connectivity index (χ0n) is 12.1. The van der Waals surface area contributed by atoms with Crippen molar-refractivity contribution < 1.29 is 28.6 Å². The number of rotatable bonds is 6. The number of ether oxygens (including phenoxy) is 3. The molecule has 0 atom stereocenters. The average Bonchev–Trinajstić information content (AvgIpc) is 2.49. The Kier molecular flexibility index (Phi) is 6.42. The number of primary amides is 1. The summed E-state index contributed by atoms with van der Waals surface area (Å²) in [6, 6.07) is 4.04. The second kappa shape index (κ2) is 8.30. The third-order valence-electron chi connectivity index (χ3n) is 2.39. The molecule has 8 heteroatoms. The molecule has 0 fully saturated rings. The van der Waals surface area contributed by atoms with Crippen molar-refractivity contribution in [2.45, 2.75) is 0 Å². The van der Waals surface area contributed by atoms with Gasteiger partial charge in [0, 0.05) is 12.1 Å². The monoisotopic (exact) mass is 308 g/mol. The predicted octanol–water partition coefficient (Wildman–Crippen LogP) is 0.455. The smallest absolute Gasteiger partial charge is 0.331 e. The van der Waals surface area contributed by atoms with E-state index in [9.17, 15) is 14.4 Å². The summed E-state index contributed by atoms with van der Waals surface area (Å²) in [6.45, 7) is -0.604. The molecule has 0 unspecified atom stereocenters. The van der Waals surface area contributed by atoms with Crippen molar-refractivity contribution in [3.8, 4) is 11.5 Å². The van der Waals surface area contributed by atoms with E-state index in [2.05, 4.69) is 4.74 Å². The lowest BCUT2D eigenvalue weighted by atomic mass is 10.2. The van der Waals surface area contributed by atoms with E-state index in [1.807, 2.05) is 0 Å². The van der Waals surface area contributed by atoms with E-state index < -0.39 is 24.5 Å². The van der Waals surface area contributed by atoms with Crippen molar-refractivity contribution in [2.24, 2.45) is 5.73 Å². The van der Waals surface area contributed by atoms with E-state index in [1.165, 1.54) is 20.3 Å². The van der Waals surface area contributed by atoms with Crippen LogP contribution in [0.3, 0.4) is 0 Å². The van der Waals surface area contributed by atoms with Gasteiger partial charge in [-0.05, 0) is 23.8 Å². The van der Waals surface area contributed by atoms with E-state index in [0.717, 1.165) is 6.08 Å². The molecule has 0 aliphatic rings. The highest BCUT2D eigenvalue weighted by Gasteiger charge is 2.07. The van der Waals surface area contributed by atoms with Crippen LogP contribution in [0.1, 0.15) is 5.56 Å². The van der Waals surface area contributed by atoms with Gasteiger partial charge in [-0.1, -0.05) is 0 Å². The molecule has 0 aromatic heterocycles. The van der Waals surface area contributed by atoms with E-state index in [0.29, 0.717) is 17.1 Å². The molecule has 1 aromatic rings. The molecule has 0 spiro atoms. The number of benzene rings is 1. The first-order valence-corrected chi connectivity index (χ1v) is 6.11. The van der Waals surface area contributed by atoms with Crippen LogP contribution in [0.2, 0.25) is 0 Å². The molecule has 22 heavy (non-hydrogen) atoms. The summed E-state index contributed by atoms with van der Waals surface area (Å²) in [5.74, 6) is -0.430. The molecular formula is C14H16N2O6. The maximum atomic E-state index is 11.4. The van der Waals surface area contributed by atoms with Gasteiger partial charge < -0.3 is 19.9 Å². The summed E-state index contributed by atoms with van der Waals surface area (Å²) in [7, 11) is 3.02.